The Labute approximate surface area is 126 Å². The first-order valence-corrected chi connectivity index (χ1v) is 6.53. The van der Waals surface area contributed by atoms with Crippen LogP contribution in [0.3, 0.4) is 0 Å². The molecule has 0 aliphatic heterocycles. The highest BCUT2D eigenvalue weighted by atomic mass is 35.5. The van der Waals surface area contributed by atoms with Crippen LogP contribution in [0.15, 0.2) is 48.5 Å². The molecule has 0 aliphatic carbocycles. The Morgan fingerprint density at radius 3 is 2.25 bits per heavy atom. The minimum absolute atomic E-state index is 0.181. The van der Waals surface area contributed by atoms with Crippen LogP contribution >= 0.6 is 23.2 Å². The molecule has 5 heteroatoms. The lowest BCUT2D eigenvalue weighted by atomic mass is 10.2. The fraction of sp³-hybridized carbons (Fsp3) is 0. The number of amides is 1. The van der Waals surface area contributed by atoms with Crippen LogP contribution in [0, 0.1) is 0 Å². The Morgan fingerprint density at radius 2 is 1.65 bits per heavy atom. The van der Waals surface area contributed by atoms with Crippen LogP contribution < -0.4 is 5.32 Å². The van der Waals surface area contributed by atoms with Gasteiger partial charge in [-0.05, 0) is 42.0 Å². The van der Waals surface area contributed by atoms with Crippen LogP contribution in [0.1, 0.15) is 5.56 Å². The number of halogens is 2. The van der Waals surface area contributed by atoms with Crippen molar-refractivity contribution in [1.29, 1.82) is 0 Å². The Bertz CT molecular complexity index is 631. The first kappa shape index (κ1) is 14.4. The van der Waals surface area contributed by atoms with Crippen LogP contribution in [0.25, 0.3) is 6.08 Å². The predicted molar refractivity (Wildman–Crippen MR) is 82.2 cm³/mol. The summed E-state index contributed by atoms with van der Waals surface area (Å²) in [5, 5.41) is 12.7. The zero-order valence-electron chi connectivity index (χ0n) is 10.3. The van der Waals surface area contributed by atoms with E-state index in [1.165, 1.54) is 6.08 Å². The molecule has 102 valence electrons. The number of carbonyl (C=O) groups is 1. The zero-order chi connectivity index (χ0) is 14.5. The van der Waals surface area contributed by atoms with Gasteiger partial charge in [0.25, 0.3) is 0 Å². The molecule has 0 heterocycles. The quantitative estimate of drug-likeness (QED) is 0.828. The number of anilines is 1. The molecule has 0 aromatic heterocycles. The molecule has 20 heavy (non-hydrogen) atoms. The van der Waals surface area contributed by atoms with Crippen molar-refractivity contribution in [3.05, 3.63) is 64.1 Å². The predicted octanol–water partition coefficient (Wildman–Crippen LogP) is 4.35. The van der Waals surface area contributed by atoms with Crippen LogP contribution in [0.2, 0.25) is 10.0 Å². The van der Waals surface area contributed by atoms with E-state index in [1.807, 2.05) is 0 Å². The molecular weight excluding hydrogens is 297 g/mol. The lowest BCUT2D eigenvalue weighted by molar-refractivity contribution is -0.111. The lowest BCUT2D eigenvalue weighted by Crippen LogP contribution is -2.07. The summed E-state index contributed by atoms with van der Waals surface area (Å²) in [5.41, 5.74) is 1.34. The third-order valence-corrected chi connectivity index (χ3v) is 2.89. The van der Waals surface area contributed by atoms with Gasteiger partial charge in [0, 0.05) is 21.8 Å². The average molecular weight is 308 g/mol. The van der Waals surface area contributed by atoms with Crippen molar-refractivity contribution in [2.75, 3.05) is 5.32 Å². The first-order valence-electron chi connectivity index (χ1n) is 5.77. The molecule has 0 bridgehead atoms. The fourth-order valence-corrected chi connectivity index (χ4v) is 2.09. The van der Waals surface area contributed by atoms with Crippen molar-refractivity contribution in [1.82, 2.24) is 0 Å². The van der Waals surface area contributed by atoms with Crippen molar-refractivity contribution in [3.63, 3.8) is 0 Å². The van der Waals surface area contributed by atoms with Crippen LogP contribution in [-0.4, -0.2) is 11.0 Å². The van der Waals surface area contributed by atoms with E-state index in [2.05, 4.69) is 5.32 Å². The number of phenols is 1. The molecule has 3 nitrogen and oxygen atoms in total. The van der Waals surface area contributed by atoms with Crippen molar-refractivity contribution >= 4 is 40.9 Å². The summed E-state index contributed by atoms with van der Waals surface area (Å²) in [6.07, 6.45) is 3.03. The van der Waals surface area contributed by atoms with Gasteiger partial charge in [0.2, 0.25) is 5.91 Å². The number of nitrogens with one attached hydrogen (secondary N) is 1. The summed E-state index contributed by atoms with van der Waals surface area (Å²) >= 11 is 11.7. The zero-order valence-corrected chi connectivity index (χ0v) is 11.8. The Kier molecular flexibility index (Phi) is 4.66. The summed E-state index contributed by atoms with van der Waals surface area (Å²) in [7, 11) is 0. The van der Waals surface area contributed by atoms with Gasteiger partial charge in [0.1, 0.15) is 5.75 Å². The average Bonchev–Trinajstić information content (AvgIpc) is 2.37. The topological polar surface area (TPSA) is 49.3 Å². The van der Waals surface area contributed by atoms with Crippen LogP contribution in [-0.2, 0) is 4.79 Å². The minimum Gasteiger partial charge on any atom is -0.508 e. The molecule has 2 rings (SSSR count). The first-order chi connectivity index (χ1) is 9.52. The second-order valence-electron chi connectivity index (χ2n) is 4.07. The third kappa shape index (κ3) is 4.30. The van der Waals surface area contributed by atoms with Gasteiger partial charge in [-0.1, -0.05) is 35.3 Å². The molecule has 0 saturated carbocycles. The second kappa shape index (κ2) is 6.46. The van der Waals surface area contributed by atoms with E-state index < -0.39 is 0 Å². The van der Waals surface area contributed by atoms with Gasteiger partial charge in [-0.2, -0.15) is 0 Å². The number of carbonyl (C=O) groups excluding carboxylic acids is 1. The maximum absolute atomic E-state index is 11.7. The molecule has 0 radical (unpaired) electrons. The summed E-state index contributed by atoms with van der Waals surface area (Å²) in [4.78, 5) is 11.7. The van der Waals surface area contributed by atoms with E-state index in [-0.39, 0.29) is 11.7 Å². The normalized spacial score (nSPS) is 10.7. The number of benzene rings is 2. The van der Waals surface area contributed by atoms with Crippen molar-refractivity contribution in [2.24, 2.45) is 0 Å². The number of hydrogen-bond donors (Lipinski definition) is 2. The SMILES string of the molecule is O=C(/C=C/c1ccc(O)cc1)Nc1cc(Cl)cc(Cl)c1. The summed E-state index contributed by atoms with van der Waals surface area (Å²) < 4.78 is 0. The van der Waals surface area contributed by atoms with Crippen molar-refractivity contribution in [2.45, 2.75) is 0 Å². The molecule has 0 spiro atoms. The molecule has 0 saturated heterocycles. The maximum atomic E-state index is 11.7. The molecule has 0 aliphatic rings. The van der Waals surface area contributed by atoms with E-state index in [0.29, 0.717) is 15.7 Å². The number of hydrogen-bond acceptors (Lipinski definition) is 2. The molecule has 2 N–H and O–H groups in total. The monoisotopic (exact) mass is 307 g/mol. The lowest BCUT2D eigenvalue weighted by Gasteiger charge is -2.03. The summed E-state index contributed by atoms with van der Waals surface area (Å²) in [5.74, 6) is -0.114. The van der Waals surface area contributed by atoms with Gasteiger partial charge < -0.3 is 10.4 Å². The van der Waals surface area contributed by atoms with E-state index in [1.54, 1.807) is 48.5 Å². The standard InChI is InChI=1S/C15H11Cl2NO2/c16-11-7-12(17)9-13(8-11)18-15(20)6-3-10-1-4-14(19)5-2-10/h1-9,19H,(H,18,20)/b6-3+. The minimum atomic E-state index is -0.295. The van der Waals surface area contributed by atoms with Crippen LogP contribution in [0.4, 0.5) is 5.69 Å². The molecule has 1 amide bonds. The Morgan fingerprint density at radius 1 is 1.05 bits per heavy atom. The highest BCUT2D eigenvalue weighted by molar-refractivity contribution is 6.35. The van der Waals surface area contributed by atoms with E-state index >= 15 is 0 Å². The Hall–Kier alpha value is -1.97. The highest BCUT2D eigenvalue weighted by Gasteiger charge is 2.01. The van der Waals surface area contributed by atoms with E-state index in [4.69, 9.17) is 28.3 Å². The van der Waals surface area contributed by atoms with Crippen molar-refractivity contribution in [3.8, 4) is 5.75 Å². The van der Waals surface area contributed by atoms with Crippen LogP contribution in [0.5, 0.6) is 5.75 Å². The number of phenolic OH excluding ortho intramolecular Hbond substituents is 1. The summed E-state index contributed by atoms with van der Waals surface area (Å²) in [6, 6.07) is 11.3. The molecule has 0 fully saturated rings. The van der Waals surface area contributed by atoms with Crippen molar-refractivity contribution < 1.29 is 9.90 Å². The molecule has 2 aromatic carbocycles. The number of rotatable bonds is 3. The fourth-order valence-electron chi connectivity index (χ4n) is 1.57. The van der Waals surface area contributed by atoms with Gasteiger partial charge in [-0.15, -0.1) is 0 Å². The molecule has 0 unspecified atom stereocenters. The number of aromatic hydroxyl groups is 1. The third-order valence-electron chi connectivity index (χ3n) is 2.45. The second-order valence-corrected chi connectivity index (χ2v) is 4.95. The van der Waals surface area contributed by atoms with Gasteiger partial charge >= 0.3 is 0 Å². The molecule has 2 aromatic rings. The summed E-state index contributed by atoms with van der Waals surface area (Å²) in [6.45, 7) is 0. The largest absolute Gasteiger partial charge is 0.508 e. The molecule has 0 atom stereocenters. The Balaban J connectivity index is 2.03. The highest BCUT2D eigenvalue weighted by Crippen LogP contribution is 2.22. The van der Waals surface area contributed by atoms with Gasteiger partial charge in [-0.25, -0.2) is 0 Å². The van der Waals surface area contributed by atoms with Gasteiger partial charge in [-0.3, -0.25) is 4.79 Å². The molecular formula is C15H11Cl2NO2. The maximum Gasteiger partial charge on any atom is 0.248 e. The van der Waals surface area contributed by atoms with Gasteiger partial charge in [0.05, 0.1) is 0 Å². The smallest absolute Gasteiger partial charge is 0.248 e. The van der Waals surface area contributed by atoms with Gasteiger partial charge in [0.15, 0.2) is 0 Å². The van der Waals surface area contributed by atoms with E-state index in [0.717, 1.165) is 5.56 Å². The van der Waals surface area contributed by atoms with E-state index in [9.17, 15) is 4.79 Å².